The number of hydrogen-bond acceptors (Lipinski definition) is 3. The van der Waals surface area contributed by atoms with Gasteiger partial charge in [0.2, 0.25) is 0 Å². The summed E-state index contributed by atoms with van der Waals surface area (Å²) in [6, 6.07) is 12.2. The Balaban J connectivity index is 1.83. The van der Waals surface area contributed by atoms with Crippen LogP contribution < -0.4 is 0 Å². The van der Waals surface area contributed by atoms with Gasteiger partial charge in [0, 0.05) is 36.8 Å². The molecule has 4 heteroatoms. The lowest BCUT2D eigenvalue weighted by Gasteiger charge is -2.38. The van der Waals surface area contributed by atoms with Crippen molar-refractivity contribution < 1.29 is 9.18 Å². The molecule has 2 heterocycles. The van der Waals surface area contributed by atoms with Gasteiger partial charge in [0.1, 0.15) is 5.82 Å². The van der Waals surface area contributed by atoms with E-state index in [1.54, 1.807) is 18.3 Å². The average Bonchev–Trinajstić information content (AvgIpc) is 2.55. The van der Waals surface area contributed by atoms with E-state index in [2.05, 4.69) is 9.88 Å². The van der Waals surface area contributed by atoms with Crippen molar-refractivity contribution in [2.75, 3.05) is 13.1 Å². The molecule has 0 atom stereocenters. The molecule has 0 saturated carbocycles. The van der Waals surface area contributed by atoms with Gasteiger partial charge in [-0.1, -0.05) is 32.0 Å². The third-order valence-electron chi connectivity index (χ3n) is 4.25. The molecule has 1 saturated heterocycles. The summed E-state index contributed by atoms with van der Waals surface area (Å²) in [5, 5.41) is 0. The van der Waals surface area contributed by atoms with Crippen LogP contribution in [0.2, 0.25) is 0 Å². The van der Waals surface area contributed by atoms with E-state index in [0.29, 0.717) is 19.6 Å². The van der Waals surface area contributed by atoms with Crippen molar-refractivity contribution in [2.45, 2.75) is 20.4 Å². The lowest BCUT2D eigenvalue weighted by Crippen LogP contribution is -2.47. The molecular weight excluding hydrogens is 303 g/mol. The monoisotopic (exact) mass is 324 g/mol. The Morgan fingerprint density at radius 1 is 1.21 bits per heavy atom. The molecule has 124 valence electrons. The number of nitrogens with zero attached hydrogens (tertiary/aromatic N) is 2. The van der Waals surface area contributed by atoms with Crippen molar-refractivity contribution in [3.05, 3.63) is 71.3 Å². The number of pyridine rings is 1. The van der Waals surface area contributed by atoms with Crippen LogP contribution in [0.1, 0.15) is 25.1 Å². The van der Waals surface area contributed by atoms with Crippen LogP contribution in [0, 0.1) is 11.2 Å². The van der Waals surface area contributed by atoms with Crippen molar-refractivity contribution in [2.24, 2.45) is 5.41 Å². The van der Waals surface area contributed by atoms with E-state index >= 15 is 0 Å². The maximum absolute atomic E-state index is 13.1. The topological polar surface area (TPSA) is 33.2 Å². The minimum absolute atomic E-state index is 0.170. The molecule has 0 aliphatic carbocycles. The predicted molar refractivity (Wildman–Crippen MR) is 92.7 cm³/mol. The second-order valence-electron chi connectivity index (χ2n) is 6.91. The van der Waals surface area contributed by atoms with Crippen LogP contribution in [-0.2, 0) is 11.3 Å². The minimum Gasteiger partial charge on any atom is -0.294 e. The Labute approximate surface area is 141 Å². The molecule has 1 fully saturated rings. The van der Waals surface area contributed by atoms with Crippen LogP contribution in [0.15, 0.2) is 54.2 Å². The van der Waals surface area contributed by atoms with Crippen molar-refractivity contribution >= 4 is 11.9 Å². The van der Waals surface area contributed by atoms with Gasteiger partial charge < -0.3 is 0 Å². The Morgan fingerprint density at radius 3 is 2.62 bits per heavy atom. The van der Waals surface area contributed by atoms with Crippen LogP contribution in [0.4, 0.5) is 4.39 Å². The Hall–Kier alpha value is -2.33. The number of piperidine rings is 1. The number of ketones is 1. The second-order valence-corrected chi connectivity index (χ2v) is 6.91. The highest BCUT2D eigenvalue weighted by Crippen LogP contribution is 2.30. The molecule has 2 aromatic rings. The molecule has 1 aliphatic rings. The van der Waals surface area contributed by atoms with Gasteiger partial charge in [-0.05, 0) is 35.9 Å². The van der Waals surface area contributed by atoms with Crippen molar-refractivity contribution in [3.63, 3.8) is 0 Å². The van der Waals surface area contributed by atoms with E-state index in [4.69, 9.17) is 0 Å². The number of rotatable bonds is 3. The van der Waals surface area contributed by atoms with Gasteiger partial charge in [-0.25, -0.2) is 4.39 Å². The second kappa shape index (κ2) is 6.65. The molecule has 1 aromatic carbocycles. The first kappa shape index (κ1) is 16.5. The van der Waals surface area contributed by atoms with Crippen LogP contribution in [0.5, 0.6) is 0 Å². The van der Waals surface area contributed by atoms with Crippen molar-refractivity contribution in [1.29, 1.82) is 0 Å². The first-order chi connectivity index (χ1) is 11.4. The maximum atomic E-state index is 13.1. The van der Waals surface area contributed by atoms with Gasteiger partial charge in [0.05, 0.1) is 5.69 Å². The molecule has 0 N–H and O–H groups in total. The van der Waals surface area contributed by atoms with Crippen molar-refractivity contribution in [3.8, 4) is 0 Å². The number of benzene rings is 1. The van der Waals surface area contributed by atoms with E-state index in [1.807, 2.05) is 38.1 Å². The predicted octanol–water partition coefficient (Wildman–Crippen LogP) is 3.72. The Bertz CT molecular complexity index is 751. The van der Waals surface area contributed by atoms with E-state index in [-0.39, 0.29) is 11.6 Å². The summed E-state index contributed by atoms with van der Waals surface area (Å²) in [5.74, 6) is -0.0628. The molecule has 0 radical (unpaired) electrons. The lowest BCUT2D eigenvalue weighted by atomic mass is 9.79. The van der Waals surface area contributed by atoms with Gasteiger partial charge in [0.25, 0.3) is 0 Å². The quantitative estimate of drug-likeness (QED) is 0.807. The highest BCUT2D eigenvalue weighted by molar-refractivity contribution is 6.04. The normalized spacial score (nSPS) is 19.6. The smallest absolute Gasteiger partial charge is 0.167 e. The van der Waals surface area contributed by atoms with Crippen LogP contribution in [0.3, 0.4) is 0 Å². The summed E-state index contributed by atoms with van der Waals surface area (Å²) in [6.45, 7) is 5.90. The first-order valence-electron chi connectivity index (χ1n) is 8.07. The molecule has 0 spiro atoms. The zero-order chi connectivity index (χ0) is 17.2. The number of Topliss-reactive ketones (excluding diaryl/α,β-unsaturated/α-hetero) is 1. The maximum Gasteiger partial charge on any atom is 0.167 e. The van der Waals surface area contributed by atoms with Crippen LogP contribution in [-0.4, -0.2) is 28.8 Å². The van der Waals surface area contributed by atoms with E-state index in [0.717, 1.165) is 16.8 Å². The Kier molecular flexibility index (Phi) is 4.58. The van der Waals surface area contributed by atoms with Gasteiger partial charge in [-0.15, -0.1) is 0 Å². The molecule has 1 aromatic heterocycles. The summed E-state index contributed by atoms with van der Waals surface area (Å²) >= 11 is 0. The standard InChI is InChI=1S/C20H21FN2O/c1-20(2)14-23(12-15-6-8-17(21)9-7-15)13-16(19(20)24)11-18-5-3-4-10-22-18/h3-11H,12-14H2,1-2H3. The lowest BCUT2D eigenvalue weighted by molar-refractivity contribution is -0.126. The fourth-order valence-corrected chi connectivity index (χ4v) is 3.14. The molecule has 3 nitrogen and oxygen atoms in total. The molecule has 0 bridgehead atoms. The molecule has 0 unspecified atom stereocenters. The van der Waals surface area contributed by atoms with Gasteiger partial charge in [-0.2, -0.15) is 0 Å². The third kappa shape index (κ3) is 3.77. The fraction of sp³-hybridized carbons (Fsp3) is 0.300. The highest BCUT2D eigenvalue weighted by Gasteiger charge is 2.37. The van der Waals surface area contributed by atoms with Crippen LogP contribution >= 0.6 is 0 Å². The van der Waals surface area contributed by atoms with Gasteiger partial charge >= 0.3 is 0 Å². The molecule has 24 heavy (non-hydrogen) atoms. The number of carbonyl (C=O) groups is 1. The largest absolute Gasteiger partial charge is 0.294 e. The molecule has 0 amide bonds. The number of aromatic nitrogens is 1. The summed E-state index contributed by atoms with van der Waals surface area (Å²) in [7, 11) is 0. The summed E-state index contributed by atoms with van der Waals surface area (Å²) in [4.78, 5) is 19.2. The van der Waals surface area contributed by atoms with Crippen LogP contribution in [0.25, 0.3) is 6.08 Å². The zero-order valence-corrected chi connectivity index (χ0v) is 14.0. The molecular formula is C20H21FN2O. The minimum atomic E-state index is -0.446. The van der Waals surface area contributed by atoms with E-state index in [1.165, 1.54) is 12.1 Å². The molecule has 3 rings (SSSR count). The van der Waals surface area contributed by atoms with E-state index in [9.17, 15) is 9.18 Å². The zero-order valence-electron chi connectivity index (χ0n) is 14.0. The summed E-state index contributed by atoms with van der Waals surface area (Å²) < 4.78 is 13.1. The highest BCUT2D eigenvalue weighted by atomic mass is 19.1. The van der Waals surface area contributed by atoms with E-state index < -0.39 is 5.41 Å². The Morgan fingerprint density at radius 2 is 1.96 bits per heavy atom. The fourth-order valence-electron chi connectivity index (χ4n) is 3.14. The number of hydrogen-bond donors (Lipinski definition) is 0. The van der Waals surface area contributed by atoms with Gasteiger partial charge in [0.15, 0.2) is 5.78 Å². The SMILES string of the molecule is CC1(C)CN(Cc2ccc(F)cc2)CC(=Cc2ccccn2)C1=O. The average molecular weight is 324 g/mol. The first-order valence-corrected chi connectivity index (χ1v) is 8.07. The summed E-state index contributed by atoms with van der Waals surface area (Å²) in [5.41, 5.74) is 2.16. The number of carbonyl (C=O) groups excluding carboxylic acids is 1. The third-order valence-corrected chi connectivity index (χ3v) is 4.25. The number of likely N-dealkylation sites (tertiary alicyclic amines) is 1. The number of halogens is 1. The summed E-state index contributed by atoms with van der Waals surface area (Å²) in [6.07, 6.45) is 3.60. The molecule has 1 aliphatic heterocycles. The van der Waals surface area contributed by atoms with Gasteiger partial charge in [-0.3, -0.25) is 14.7 Å². The van der Waals surface area contributed by atoms with Crippen molar-refractivity contribution in [1.82, 2.24) is 9.88 Å².